The molecule has 3 N–H and O–H groups in total. The van der Waals surface area contributed by atoms with Gasteiger partial charge in [0, 0.05) is 15.8 Å². The van der Waals surface area contributed by atoms with Crippen LogP contribution < -0.4 is 11.3 Å². The van der Waals surface area contributed by atoms with Gasteiger partial charge < -0.3 is 0 Å². The van der Waals surface area contributed by atoms with Crippen LogP contribution in [0.2, 0.25) is 0 Å². The largest absolute Gasteiger partial charge is 0.271 e. The second-order valence-electron chi connectivity index (χ2n) is 4.40. The van der Waals surface area contributed by atoms with Crippen LogP contribution in [0.3, 0.4) is 0 Å². The van der Waals surface area contributed by atoms with Crippen LogP contribution in [-0.2, 0) is 6.42 Å². The molecule has 4 nitrogen and oxygen atoms in total. The fourth-order valence-corrected chi connectivity index (χ4v) is 3.61. The van der Waals surface area contributed by atoms with Gasteiger partial charge in [-0.1, -0.05) is 12.1 Å². The summed E-state index contributed by atoms with van der Waals surface area (Å²) in [7, 11) is 0. The van der Waals surface area contributed by atoms with Crippen molar-refractivity contribution in [3.05, 3.63) is 57.0 Å². The summed E-state index contributed by atoms with van der Waals surface area (Å²) in [6.45, 7) is 0. The molecule has 2 aromatic heterocycles. The first-order valence-corrected chi connectivity index (χ1v) is 7.85. The molecule has 0 aliphatic heterocycles. The Morgan fingerprint density at radius 1 is 1.25 bits per heavy atom. The third kappa shape index (κ3) is 2.73. The average molecular weight is 349 g/mol. The van der Waals surface area contributed by atoms with Crippen molar-refractivity contribution in [1.82, 2.24) is 15.4 Å². The summed E-state index contributed by atoms with van der Waals surface area (Å²) < 4.78 is 1.11. The fourth-order valence-electron chi connectivity index (χ4n) is 2.04. The van der Waals surface area contributed by atoms with Gasteiger partial charge in [0.2, 0.25) is 0 Å². The predicted octanol–water partition coefficient (Wildman–Crippen LogP) is 3.20. The third-order valence-electron chi connectivity index (χ3n) is 3.11. The maximum atomic E-state index is 5.69. The number of aromatic nitrogens is 2. The molecule has 1 aromatic carbocycles. The molecule has 0 spiro atoms. The Hall–Kier alpha value is -1.34. The van der Waals surface area contributed by atoms with Gasteiger partial charge in [0.15, 0.2) is 0 Å². The van der Waals surface area contributed by atoms with Gasteiger partial charge in [0.1, 0.15) is 0 Å². The van der Waals surface area contributed by atoms with E-state index < -0.39 is 0 Å². The van der Waals surface area contributed by atoms with Crippen LogP contribution >= 0.6 is 27.3 Å². The lowest BCUT2D eigenvalue weighted by atomic mass is 10.1. The summed E-state index contributed by atoms with van der Waals surface area (Å²) in [4.78, 5) is 10.3. The summed E-state index contributed by atoms with van der Waals surface area (Å²) in [6, 6.07) is 9.81. The monoisotopic (exact) mass is 348 g/mol. The number of halogens is 1. The number of nitrogens with one attached hydrogen (secondary N) is 1. The first-order valence-electron chi connectivity index (χ1n) is 6.17. The van der Waals surface area contributed by atoms with Crippen LogP contribution in [0.5, 0.6) is 0 Å². The molecule has 102 valence electrons. The van der Waals surface area contributed by atoms with Crippen LogP contribution in [0.15, 0.2) is 46.4 Å². The van der Waals surface area contributed by atoms with Gasteiger partial charge in [-0.3, -0.25) is 16.3 Å². The average Bonchev–Trinajstić information content (AvgIpc) is 2.89. The van der Waals surface area contributed by atoms with Gasteiger partial charge in [0.05, 0.1) is 29.0 Å². The molecule has 0 aliphatic rings. The zero-order valence-corrected chi connectivity index (χ0v) is 13.0. The van der Waals surface area contributed by atoms with E-state index in [2.05, 4.69) is 36.7 Å². The van der Waals surface area contributed by atoms with E-state index in [0.717, 1.165) is 27.6 Å². The fraction of sp³-hybridized carbons (Fsp3) is 0.143. The topological polar surface area (TPSA) is 63.8 Å². The van der Waals surface area contributed by atoms with E-state index in [9.17, 15) is 0 Å². The molecule has 0 bridgehead atoms. The van der Waals surface area contributed by atoms with Gasteiger partial charge in [0.25, 0.3) is 0 Å². The highest BCUT2D eigenvalue weighted by Crippen LogP contribution is 2.27. The number of benzene rings is 1. The van der Waals surface area contributed by atoms with Crippen LogP contribution in [-0.4, -0.2) is 9.97 Å². The SMILES string of the molecule is NNC(Cc1sccc1Br)c1cnc2ccccc2n1. The van der Waals surface area contributed by atoms with E-state index >= 15 is 0 Å². The number of hydrazine groups is 1. The summed E-state index contributed by atoms with van der Waals surface area (Å²) in [5.74, 6) is 5.69. The Morgan fingerprint density at radius 2 is 2.05 bits per heavy atom. The highest BCUT2D eigenvalue weighted by atomic mass is 79.9. The smallest absolute Gasteiger partial charge is 0.0890 e. The molecule has 3 rings (SSSR count). The summed E-state index contributed by atoms with van der Waals surface area (Å²) in [6.07, 6.45) is 2.57. The molecule has 20 heavy (non-hydrogen) atoms. The lowest BCUT2D eigenvalue weighted by Gasteiger charge is -2.15. The quantitative estimate of drug-likeness (QED) is 0.561. The minimum atomic E-state index is -0.0537. The van der Waals surface area contributed by atoms with Crippen molar-refractivity contribution in [2.75, 3.05) is 0 Å². The molecule has 1 atom stereocenters. The van der Waals surface area contributed by atoms with Crippen molar-refractivity contribution >= 4 is 38.3 Å². The highest BCUT2D eigenvalue weighted by Gasteiger charge is 2.15. The number of hydrogen-bond acceptors (Lipinski definition) is 5. The zero-order valence-electron chi connectivity index (χ0n) is 10.6. The Kier molecular flexibility index (Phi) is 4.07. The first kappa shape index (κ1) is 13.6. The summed E-state index contributed by atoms with van der Waals surface area (Å²) in [5.41, 5.74) is 5.46. The lowest BCUT2D eigenvalue weighted by Crippen LogP contribution is -2.30. The molecule has 0 radical (unpaired) electrons. The third-order valence-corrected chi connectivity index (χ3v) is 5.05. The summed E-state index contributed by atoms with van der Waals surface area (Å²) >= 11 is 5.24. The number of para-hydroxylation sites is 2. The Morgan fingerprint density at radius 3 is 2.75 bits per heavy atom. The van der Waals surface area contributed by atoms with Crippen molar-refractivity contribution in [2.24, 2.45) is 5.84 Å². The van der Waals surface area contributed by atoms with Gasteiger partial charge in [-0.15, -0.1) is 11.3 Å². The van der Waals surface area contributed by atoms with Gasteiger partial charge >= 0.3 is 0 Å². The standard InChI is InChI=1S/C14H13BrN4S/c15-9-5-6-20-14(9)7-12(19-16)13-8-17-10-3-1-2-4-11(10)18-13/h1-6,8,12,19H,7,16H2. The zero-order chi connectivity index (χ0) is 13.9. The van der Waals surface area contributed by atoms with E-state index in [1.54, 1.807) is 17.5 Å². The van der Waals surface area contributed by atoms with Crippen molar-refractivity contribution < 1.29 is 0 Å². The van der Waals surface area contributed by atoms with Crippen LogP contribution in [0.25, 0.3) is 11.0 Å². The summed E-state index contributed by atoms with van der Waals surface area (Å²) in [5, 5.41) is 2.05. The molecule has 0 fully saturated rings. The van der Waals surface area contributed by atoms with E-state index in [1.165, 1.54) is 4.88 Å². The van der Waals surface area contributed by atoms with E-state index in [0.29, 0.717) is 0 Å². The second kappa shape index (κ2) is 5.97. The van der Waals surface area contributed by atoms with Crippen LogP contribution in [0, 0.1) is 0 Å². The molecule has 0 saturated carbocycles. The molecule has 2 heterocycles. The molecular formula is C14H13BrN4S. The minimum absolute atomic E-state index is 0.0537. The van der Waals surface area contributed by atoms with Gasteiger partial charge in [-0.2, -0.15) is 0 Å². The highest BCUT2D eigenvalue weighted by molar-refractivity contribution is 9.10. The van der Waals surface area contributed by atoms with Crippen molar-refractivity contribution in [3.63, 3.8) is 0 Å². The minimum Gasteiger partial charge on any atom is -0.271 e. The molecule has 3 aromatic rings. The van der Waals surface area contributed by atoms with Crippen molar-refractivity contribution in [3.8, 4) is 0 Å². The van der Waals surface area contributed by atoms with E-state index in [-0.39, 0.29) is 6.04 Å². The van der Waals surface area contributed by atoms with Crippen LogP contribution in [0.4, 0.5) is 0 Å². The molecule has 0 saturated heterocycles. The maximum absolute atomic E-state index is 5.69. The predicted molar refractivity (Wildman–Crippen MR) is 85.3 cm³/mol. The molecular weight excluding hydrogens is 336 g/mol. The molecule has 0 amide bonds. The molecule has 0 aliphatic carbocycles. The van der Waals surface area contributed by atoms with Gasteiger partial charge in [-0.05, 0) is 39.5 Å². The van der Waals surface area contributed by atoms with Gasteiger partial charge in [-0.25, -0.2) is 4.98 Å². The Labute approximate surface area is 129 Å². The Balaban J connectivity index is 1.92. The number of nitrogens with zero attached hydrogens (tertiary/aromatic N) is 2. The first-order chi connectivity index (χ1) is 9.78. The lowest BCUT2D eigenvalue weighted by molar-refractivity contribution is 0.541. The van der Waals surface area contributed by atoms with Crippen molar-refractivity contribution in [1.29, 1.82) is 0 Å². The number of rotatable bonds is 4. The van der Waals surface area contributed by atoms with Crippen LogP contribution in [0.1, 0.15) is 16.6 Å². The van der Waals surface area contributed by atoms with E-state index in [1.807, 2.05) is 30.3 Å². The second-order valence-corrected chi connectivity index (χ2v) is 6.25. The maximum Gasteiger partial charge on any atom is 0.0890 e. The van der Waals surface area contributed by atoms with Crippen molar-refractivity contribution in [2.45, 2.75) is 12.5 Å². The Bertz CT molecular complexity index is 728. The normalized spacial score (nSPS) is 12.7. The van der Waals surface area contributed by atoms with E-state index in [4.69, 9.17) is 5.84 Å². The number of nitrogens with two attached hydrogens (primary N) is 1. The molecule has 6 heteroatoms. The number of thiophene rings is 1. The molecule has 1 unspecified atom stereocenters. The number of fused-ring (bicyclic) bond motifs is 1. The number of hydrogen-bond donors (Lipinski definition) is 2.